The van der Waals surface area contributed by atoms with E-state index in [1.807, 2.05) is 0 Å². The normalized spacial score (nSPS) is 15.1. The van der Waals surface area contributed by atoms with E-state index >= 15 is 0 Å². The van der Waals surface area contributed by atoms with Gasteiger partial charge in [-0.15, -0.1) is 11.3 Å². The van der Waals surface area contributed by atoms with Crippen molar-refractivity contribution in [2.75, 3.05) is 19.6 Å². The van der Waals surface area contributed by atoms with E-state index in [0.717, 1.165) is 4.90 Å². The topological polar surface area (TPSA) is 93.4 Å². The fraction of sp³-hybridized carbons (Fsp3) is 0.529. The Balaban J connectivity index is 2.27. The molecular formula is C17H17F5N4O4S. The Morgan fingerprint density at radius 3 is 2.42 bits per heavy atom. The molecule has 1 N–H and O–H groups in total. The third-order valence-corrected chi connectivity index (χ3v) is 5.98. The Bertz CT molecular complexity index is 1150. The van der Waals surface area contributed by atoms with Crippen LogP contribution in [-0.2, 0) is 17.9 Å². The molecule has 31 heavy (non-hydrogen) atoms. The number of carbonyl (C=O) groups excluding carboxylic acids is 2. The van der Waals surface area contributed by atoms with E-state index < -0.39 is 75.8 Å². The third kappa shape index (κ3) is 4.34. The number of aryl methyl sites for hydroxylation is 1. The fourth-order valence-corrected chi connectivity index (χ4v) is 4.61. The van der Waals surface area contributed by atoms with Gasteiger partial charge in [0.15, 0.2) is 0 Å². The predicted octanol–water partition coefficient (Wildman–Crippen LogP) is 1.71. The van der Waals surface area contributed by atoms with Gasteiger partial charge in [0, 0.05) is 26.2 Å². The molecule has 2 amide bonds. The second kappa shape index (κ2) is 8.40. The molecule has 0 spiro atoms. The van der Waals surface area contributed by atoms with E-state index in [-0.39, 0.29) is 19.6 Å². The Labute approximate surface area is 174 Å². The van der Waals surface area contributed by atoms with Gasteiger partial charge in [0.2, 0.25) is 5.91 Å². The first-order chi connectivity index (χ1) is 14.5. The summed E-state index contributed by atoms with van der Waals surface area (Å²) in [5.74, 6) is -1.46. The molecule has 0 unspecified atom stereocenters. The molecule has 1 fully saturated rings. The minimum Gasteiger partial charge on any atom is -0.353 e. The van der Waals surface area contributed by atoms with Crippen molar-refractivity contribution < 1.29 is 31.5 Å². The molecule has 0 aliphatic carbocycles. The molecule has 170 valence electrons. The highest BCUT2D eigenvalue weighted by Gasteiger charge is 2.34. The molecule has 14 heteroatoms. The minimum absolute atomic E-state index is 0.0293. The lowest BCUT2D eigenvalue weighted by Gasteiger charge is -2.26. The van der Waals surface area contributed by atoms with Gasteiger partial charge in [-0.05, 0) is 6.92 Å². The number of fused-ring (bicyclic) bond motifs is 1. The zero-order chi connectivity index (χ0) is 23.1. The molecule has 0 radical (unpaired) electrons. The lowest BCUT2D eigenvalue weighted by atomic mass is 10.1. The van der Waals surface area contributed by atoms with Crippen molar-refractivity contribution >= 4 is 33.4 Å². The van der Waals surface area contributed by atoms with Crippen LogP contribution in [0.15, 0.2) is 9.59 Å². The van der Waals surface area contributed by atoms with Crippen molar-refractivity contribution in [1.82, 2.24) is 19.4 Å². The first-order valence-electron chi connectivity index (χ1n) is 9.17. The van der Waals surface area contributed by atoms with Gasteiger partial charge in [0.1, 0.15) is 9.71 Å². The van der Waals surface area contributed by atoms with Crippen LogP contribution in [-0.4, -0.2) is 51.7 Å². The molecule has 1 aliphatic rings. The first kappa shape index (κ1) is 22.9. The van der Waals surface area contributed by atoms with E-state index in [4.69, 9.17) is 0 Å². The Kier molecular flexibility index (Phi) is 6.21. The highest BCUT2D eigenvalue weighted by Crippen LogP contribution is 2.37. The van der Waals surface area contributed by atoms with Gasteiger partial charge >= 0.3 is 11.9 Å². The van der Waals surface area contributed by atoms with E-state index in [1.54, 1.807) is 0 Å². The summed E-state index contributed by atoms with van der Waals surface area (Å²) >= 11 is 0.359. The van der Waals surface area contributed by atoms with Gasteiger partial charge in [-0.2, -0.15) is 13.2 Å². The summed E-state index contributed by atoms with van der Waals surface area (Å²) in [6, 6.07) is 0. The summed E-state index contributed by atoms with van der Waals surface area (Å²) in [6.07, 6.45) is -9.37. The van der Waals surface area contributed by atoms with E-state index in [9.17, 15) is 41.1 Å². The number of thiophene rings is 1. The van der Waals surface area contributed by atoms with Crippen molar-refractivity contribution in [1.29, 1.82) is 0 Å². The molecule has 8 nitrogen and oxygen atoms in total. The predicted molar refractivity (Wildman–Crippen MR) is 101 cm³/mol. The van der Waals surface area contributed by atoms with Crippen LogP contribution in [0.4, 0.5) is 22.0 Å². The van der Waals surface area contributed by atoms with Gasteiger partial charge in [-0.25, -0.2) is 13.6 Å². The molecule has 0 saturated carbocycles. The zero-order valence-corrected chi connectivity index (χ0v) is 16.9. The molecule has 0 bridgehead atoms. The van der Waals surface area contributed by atoms with Crippen LogP contribution in [0.1, 0.15) is 35.0 Å². The van der Waals surface area contributed by atoms with Gasteiger partial charge < -0.3 is 10.2 Å². The molecule has 1 saturated heterocycles. The molecule has 0 aromatic carbocycles. The Hall–Kier alpha value is -2.77. The molecule has 2 aromatic rings. The highest BCUT2D eigenvalue weighted by atomic mass is 32.1. The summed E-state index contributed by atoms with van der Waals surface area (Å²) in [5.41, 5.74) is -3.13. The minimum atomic E-state index is -4.64. The summed E-state index contributed by atoms with van der Waals surface area (Å²) < 4.78 is 67.3. The van der Waals surface area contributed by atoms with E-state index in [0.29, 0.717) is 20.5 Å². The smallest absolute Gasteiger partial charge is 0.353 e. The number of hydrogen-bond donors (Lipinski definition) is 1. The lowest BCUT2D eigenvalue weighted by molar-refractivity contribution is -0.136. The van der Waals surface area contributed by atoms with Crippen molar-refractivity contribution in [2.24, 2.45) is 0 Å². The number of aromatic nitrogens is 2. The van der Waals surface area contributed by atoms with Gasteiger partial charge in [0.05, 0.1) is 23.9 Å². The molecule has 3 heterocycles. The van der Waals surface area contributed by atoms with Crippen molar-refractivity contribution in [3.8, 4) is 0 Å². The van der Waals surface area contributed by atoms with E-state index in [1.165, 1.54) is 6.92 Å². The van der Waals surface area contributed by atoms with Crippen LogP contribution in [0.3, 0.4) is 0 Å². The number of hydrogen-bond acceptors (Lipinski definition) is 5. The summed E-state index contributed by atoms with van der Waals surface area (Å²) in [4.78, 5) is 49.7. The number of piperazine rings is 1. The molecule has 0 atom stereocenters. The summed E-state index contributed by atoms with van der Waals surface area (Å²) in [7, 11) is 0. The second-order valence-corrected chi connectivity index (χ2v) is 7.75. The van der Waals surface area contributed by atoms with Crippen molar-refractivity contribution in [3.05, 3.63) is 31.3 Å². The molecule has 3 rings (SSSR count). The van der Waals surface area contributed by atoms with Crippen LogP contribution in [0.2, 0.25) is 0 Å². The van der Waals surface area contributed by atoms with Crippen LogP contribution < -0.4 is 16.6 Å². The van der Waals surface area contributed by atoms with Crippen LogP contribution >= 0.6 is 11.3 Å². The standard InChI is InChI=1S/C17H17F5N4O4S/c1-2-25-13(28)10-9(12(18)19)11(14(29)24-6-4-23-8(27)7-24)31-15(10)26(16(25)30)5-3-17(20,21)22/h12H,2-7H2,1H3,(H,23,27). The Morgan fingerprint density at radius 2 is 1.87 bits per heavy atom. The maximum atomic E-state index is 14.0. The van der Waals surface area contributed by atoms with Gasteiger partial charge in [-0.3, -0.25) is 23.5 Å². The lowest BCUT2D eigenvalue weighted by Crippen LogP contribution is -2.50. The average Bonchev–Trinajstić information content (AvgIpc) is 3.07. The monoisotopic (exact) mass is 468 g/mol. The zero-order valence-electron chi connectivity index (χ0n) is 16.1. The quantitative estimate of drug-likeness (QED) is 0.677. The first-order valence-corrected chi connectivity index (χ1v) is 9.98. The molecular weight excluding hydrogens is 451 g/mol. The van der Waals surface area contributed by atoms with Crippen molar-refractivity contribution in [3.63, 3.8) is 0 Å². The fourth-order valence-electron chi connectivity index (χ4n) is 3.32. The second-order valence-electron chi connectivity index (χ2n) is 6.75. The van der Waals surface area contributed by atoms with Gasteiger partial charge in [0.25, 0.3) is 17.9 Å². The number of carbonyl (C=O) groups is 2. The number of nitrogens with zero attached hydrogens (tertiary/aromatic N) is 3. The van der Waals surface area contributed by atoms with Crippen molar-refractivity contribution in [2.45, 2.75) is 39.0 Å². The number of nitrogens with one attached hydrogen (secondary N) is 1. The molecule has 2 aromatic heterocycles. The van der Waals surface area contributed by atoms with E-state index in [2.05, 4.69) is 5.32 Å². The maximum Gasteiger partial charge on any atom is 0.390 e. The van der Waals surface area contributed by atoms with Crippen LogP contribution in [0, 0.1) is 0 Å². The maximum absolute atomic E-state index is 14.0. The number of halogens is 5. The molecule has 1 aliphatic heterocycles. The number of rotatable bonds is 5. The largest absolute Gasteiger partial charge is 0.390 e. The van der Waals surface area contributed by atoms with Gasteiger partial charge in [-0.1, -0.05) is 0 Å². The van der Waals surface area contributed by atoms with Crippen LogP contribution in [0.5, 0.6) is 0 Å². The highest BCUT2D eigenvalue weighted by molar-refractivity contribution is 7.20. The summed E-state index contributed by atoms with van der Waals surface area (Å²) in [6.45, 7) is -0.0544. The summed E-state index contributed by atoms with van der Waals surface area (Å²) in [5, 5.41) is 1.81. The Morgan fingerprint density at radius 1 is 1.19 bits per heavy atom. The average molecular weight is 468 g/mol. The van der Waals surface area contributed by atoms with Crippen LogP contribution in [0.25, 0.3) is 10.2 Å². The SMILES string of the molecule is CCn1c(=O)c2c(C(F)F)c(C(=O)N3CCNC(=O)C3)sc2n(CCC(F)(F)F)c1=O. The number of alkyl halides is 5. The third-order valence-electron chi connectivity index (χ3n) is 4.77. The number of amides is 2.